The van der Waals surface area contributed by atoms with E-state index in [-0.39, 0.29) is 33.0 Å². The molecule has 6 heteroatoms. The third-order valence-electron chi connectivity index (χ3n) is 1.65. The third kappa shape index (κ3) is 10.1. The van der Waals surface area contributed by atoms with Crippen molar-refractivity contribution >= 4 is 0 Å². The number of hydrogen-bond donors (Lipinski definition) is 3. The second kappa shape index (κ2) is 11.8. The van der Waals surface area contributed by atoms with Crippen LogP contribution in [0.5, 0.6) is 0 Å². The molecule has 0 fully saturated rings. The number of unbranched alkanes of at least 4 members (excludes halogenated alkanes) is 2. The highest BCUT2D eigenvalue weighted by Crippen LogP contribution is 2.00. The SMILES string of the molecule is OCCCCCN(OCCO)OCCO. The van der Waals surface area contributed by atoms with Crippen LogP contribution in [0, 0.1) is 0 Å². The van der Waals surface area contributed by atoms with Crippen LogP contribution in [0.15, 0.2) is 0 Å². The number of hydrogen-bond acceptors (Lipinski definition) is 6. The van der Waals surface area contributed by atoms with Crippen molar-refractivity contribution in [2.45, 2.75) is 19.3 Å². The lowest BCUT2D eigenvalue weighted by Crippen LogP contribution is -2.28. The van der Waals surface area contributed by atoms with Crippen LogP contribution >= 0.6 is 0 Å². The van der Waals surface area contributed by atoms with E-state index in [0.29, 0.717) is 6.54 Å². The first kappa shape index (κ1) is 14.8. The summed E-state index contributed by atoms with van der Waals surface area (Å²) in [4.78, 5) is 10.1. The van der Waals surface area contributed by atoms with Gasteiger partial charge >= 0.3 is 0 Å². The first-order valence-corrected chi connectivity index (χ1v) is 5.21. The highest BCUT2D eigenvalue weighted by molar-refractivity contribution is 4.41. The minimum absolute atomic E-state index is 0.0738. The zero-order valence-corrected chi connectivity index (χ0v) is 8.97. The van der Waals surface area contributed by atoms with Crippen LogP contribution in [-0.2, 0) is 9.68 Å². The molecule has 0 rings (SSSR count). The van der Waals surface area contributed by atoms with Gasteiger partial charge in [-0.3, -0.25) is 9.68 Å². The van der Waals surface area contributed by atoms with Crippen molar-refractivity contribution in [1.82, 2.24) is 5.23 Å². The van der Waals surface area contributed by atoms with Crippen LogP contribution < -0.4 is 0 Å². The summed E-state index contributed by atoms with van der Waals surface area (Å²) >= 11 is 0. The standard InChI is InChI=1S/C9H21NO5/c11-5-3-1-2-4-10(14-8-6-12)15-9-7-13/h11-13H,1-9H2. The van der Waals surface area contributed by atoms with E-state index in [4.69, 9.17) is 25.0 Å². The van der Waals surface area contributed by atoms with Crippen molar-refractivity contribution in [3.05, 3.63) is 0 Å². The Morgan fingerprint density at radius 3 is 1.80 bits per heavy atom. The topological polar surface area (TPSA) is 82.4 Å². The van der Waals surface area contributed by atoms with Gasteiger partial charge in [-0.25, -0.2) is 0 Å². The summed E-state index contributed by atoms with van der Waals surface area (Å²) in [6.07, 6.45) is 2.48. The molecule has 0 bridgehead atoms. The van der Waals surface area contributed by atoms with E-state index in [1.54, 1.807) is 0 Å². The number of nitrogens with zero attached hydrogens (tertiary/aromatic N) is 1. The van der Waals surface area contributed by atoms with Gasteiger partial charge in [-0.1, -0.05) is 5.23 Å². The van der Waals surface area contributed by atoms with Crippen molar-refractivity contribution in [2.75, 3.05) is 39.6 Å². The van der Waals surface area contributed by atoms with E-state index in [1.165, 1.54) is 5.23 Å². The molecule has 6 nitrogen and oxygen atoms in total. The molecule has 0 aliphatic heterocycles. The van der Waals surface area contributed by atoms with Gasteiger partial charge in [0.25, 0.3) is 0 Å². The van der Waals surface area contributed by atoms with E-state index < -0.39 is 0 Å². The molecule has 0 unspecified atom stereocenters. The van der Waals surface area contributed by atoms with Crippen LogP contribution in [0.3, 0.4) is 0 Å². The molecule has 0 aliphatic carbocycles. The van der Waals surface area contributed by atoms with Gasteiger partial charge < -0.3 is 15.3 Å². The Bertz CT molecular complexity index is 117. The lowest BCUT2D eigenvalue weighted by atomic mass is 10.2. The molecule has 0 aliphatic rings. The fourth-order valence-corrected chi connectivity index (χ4v) is 0.981. The average Bonchev–Trinajstić information content (AvgIpc) is 2.27. The maximum atomic E-state index is 8.57. The molecule has 0 aromatic carbocycles. The van der Waals surface area contributed by atoms with Crippen molar-refractivity contribution in [1.29, 1.82) is 0 Å². The zero-order valence-electron chi connectivity index (χ0n) is 8.97. The minimum atomic E-state index is -0.0738. The van der Waals surface area contributed by atoms with E-state index in [0.717, 1.165) is 19.3 Å². The fraction of sp³-hybridized carbons (Fsp3) is 1.00. The highest BCUT2D eigenvalue weighted by Gasteiger charge is 2.04. The van der Waals surface area contributed by atoms with Crippen LogP contribution in [0.1, 0.15) is 19.3 Å². The second-order valence-electron chi connectivity index (χ2n) is 2.95. The highest BCUT2D eigenvalue weighted by atomic mass is 16.9. The number of aliphatic hydroxyl groups excluding tert-OH is 3. The number of hydroxylamine groups is 2. The molecule has 0 saturated carbocycles. The van der Waals surface area contributed by atoms with Crippen LogP contribution in [0.4, 0.5) is 0 Å². The van der Waals surface area contributed by atoms with Gasteiger partial charge in [-0.2, -0.15) is 0 Å². The Morgan fingerprint density at radius 1 is 0.733 bits per heavy atom. The normalized spacial score (nSPS) is 11.2. The smallest absolute Gasteiger partial charge is 0.0942 e. The Labute approximate surface area is 89.9 Å². The van der Waals surface area contributed by atoms with Crippen molar-refractivity contribution in [3.8, 4) is 0 Å². The predicted octanol–water partition coefficient (Wildman–Crippen LogP) is -0.701. The van der Waals surface area contributed by atoms with E-state index in [9.17, 15) is 0 Å². The quantitative estimate of drug-likeness (QED) is 0.317. The summed E-state index contributed by atoms with van der Waals surface area (Å²) in [5, 5.41) is 27.0. The summed E-state index contributed by atoms with van der Waals surface area (Å²) in [6, 6.07) is 0. The summed E-state index contributed by atoms with van der Waals surface area (Å²) in [5.74, 6) is 0. The van der Waals surface area contributed by atoms with Crippen molar-refractivity contribution in [2.24, 2.45) is 0 Å². The van der Waals surface area contributed by atoms with E-state index in [1.807, 2.05) is 0 Å². The molecular weight excluding hydrogens is 202 g/mol. The summed E-state index contributed by atoms with van der Waals surface area (Å²) < 4.78 is 0. The summed E-state index contributed by atoms with van der Waals surface area (Å²) in [6.45, 7) is 0.942. The average molecular weight is 223 g/mol. The van der Waals surface area contributed by atoms with E-state index >= 15 is 0 Å². The largest absolute Gasteiger partial charge is 0.396 e. The molecule has 15 heavy (non-hydrogen) atoms. The predicted molar refractivity (Wildman–Crippen MR) is 53.7 cm³/mol. The second-order valence-corrected chi connectivity index (χ2v) is 2.95. The molecule has 0 heterocycles. The van der Waals surface area contributed by atoms with Crippen molar-refractivity contribution in [3.63, 3.8) is 0 Å². The van der Waals surface area contributed by atoms with Gasteiger partial charge in [0.1, 0.15) is 0 Å². The number of aliphatic hydroxyl groups is 3. The van der Waals surface area contributed by atoms with Gasteiger partial charge in [-0.05, 0) is 19.3 Å². The van der Waals surface area contributed by atoms with Crippen LogP contribution in [-0.4, -0.2) is 60.1 Å². The van der Waals surface area contributed by atoms with Gasteiger partial charge in [0.05, 0.1) is 33.0 Å². The molecule has 0 aromatic rings. The zero-order chi connectivity index (χ0) is 11.4. The van der Waals surface area contributed by atoms with Crippen LogP contribution in [0.2, 0.25) is 0 Å². The van der Waals surface area contributed by atoms with Crippen molar-refractivity contribution < 1.29 is 25.0 Å². The molecule has 0 saturated heterocycles. The third-order valence-corrected chi connectivity index (χ3v) is 1.65. The Kier molecular flexibility index (Phi) is 11.6. The Morgan fingerprint density at radius 2 is 1.33 bits per heavy atom. The molecule has 0 aromatic heterocycles. The molecule has 0 atom stereocenters. The van der Waals surface area contributed by atoms with E-state index in [2.05, 4.69) is 0 Å². The van der Waals surface area contributed by atoms with Gasteiger partial charge in [0.15, 0.2) is 0 Å². The molecule has 0 spiro atoms. The maximum absolute atomic E-state index is 8.57. The molecule has 0 radical (unpaired) electrons. The van der Waals surface area contributed by atoms with Gasteiger partial charge in [0.2, 0.25) is 0 Å². The first-order valence-electron chi connectivity index (χ1n) is 5.21. The Balaban J connectivity index is 3.49. The summed E-state index contributed by atoms with van der Waals surface area (Å²) in [5.41, 5.74) is 0. The number of rotatable bonds is 11. The summed E-state index contributed by atoms with van der Waals surface area (Å²) in [7, 11) is 0. The lowest BCUT2D eigenvalue weighted by molar-refractivity contribution is -0.371. The Hall–Kier alpha value is -0.240. The first-order chi connectivity index (χ1) is 7.35. The minimum Gasteiger partial charge on any atom is -0.396 e. The maximum Gasteiger partial charge on any atom is 0.0942 e. The van der Waals surface area contributed by atoms with Crippen LogP contribution in [0.25, 0.3) is 0 Å². The lowest BCUT2D eigenvalue weighted by Gasteiger charge is -2.19. The van der Waals surface area contributed by atoms with Gasteiger partial charge in [-0.15, -0.1) is 0 Å². The molecule has 0 amide bonds. The van der Waals surface area contributed by atoms with Gasteiger partial charge in [0, 0.05) is 6.61 Å². The molecule has 3 N–H and O–H groups in total. The monoisotopic (exact) mass is 223 g/mol. The molecule has 92 valence electrons. The molecular formula is C9H21NO5. The fourth-order valence-electron chi connectivity index (χ4n) is 0.981.